The number of carbonyl (C=O) groups excluding carboxylic acids is 4. The average molecular weight is 409 g/mol. The van der Waals surface area contributed by atoms with Crippen LogP contribution in [-0.4, -0.2) is 47.2 Å². The Labute approximate surface area is 179 Å². The molecule has 4 aliphatic rings. The Morgan fingerprint density at radius 2 is 1.26 bits per heavy atom. The minimum absolute atomic E-state index is 0.282. The maximum absolute atomic E-state index is 14.1. The van der Waals surface area contributed by atoms with Crippen molar-refractivity contribution in [3.63, 3.8) is 0 Å². The van der Waals surface area contributed by atoms with Crippen molar-refractivity contribution >= 4 is 23.1 Å². The fourth-order valence-corrected chi connectivity index (χ4v) is 6.35. The highest BCUT2D eigenvalue weighted by molar-refractivity contribution is 6.43. The summed E-state index contributed by atoms with van der Waals surface area (Å²) in [5.41, 5.74) is -2.48. The number of benzene rings is 2. The lowest BCUT2D eigenvalue weighted by Gasteiger charge is -2.41. The molecule has 31 heavy (non-hydrogen) atoms. The van der Waals surface area contributed by atoms with Crippen molar-refractivity contribution in [1.29, 1.82) is 0 Å². The number of ketones is 4. The van der Waals surface area contributed by atoms with E-state index in [4.69, 9.17) is 0 Å². The van der Waals surface area contributed by atoms with Gasteiger partial charge in [-0.2, -0.15) is 0 Å². The molecule has 1 atom stereocenters. The smallest absolute Gasteiger partial charge is 0.193 e. The largest absolute Gasteiger partial charge is 0.293 e. The van der Waals surface area contributed by atoms with Gasteiger partial charge in [0.2, 0.25) is 0 Å². The van der Waals surface area contributed by atoms with Crippen LogP contribution in [0.1, 0.15) is 47.9 Å². The van der Waals surface area contributed by atoms with Gasteiger partial charge >= 0.3 is 0 Å². The molecule has 0 aromatic heterocycles. The highest BCUT2D eigenvalue weighted by Crippen LogP contribution is 2.63. The zero-order chi connectivity index (χ0) is 21.5. The number of carbonyl (C=O) groups is 4. The summed E-state index contributed by atoms with van der Waals surface area (Å²) in [6.45, 7) is 0.282. The van der Waals surface area contributed by atoms with Crippen LogP contribution in [0.25, 0.3) is 0 Å². The van der Waals surface area contributed by atoms with Gasteiger partial charge in [0, 0.05) is 34.7 Å². The minimum Gasteiger partial charge on any atom is -0.293 e. The molecule has 1 aliphatic heterocycles. The first-order chi connectivity index (χ1) is 15.0. The fraction of sp³-hybridized carbons (Fsp3) is 0.231. The van der Waals surface area contributed by atoms with Gasteiger partial charge in [0.1, 0.15) is 5.41 Å². The van der Waals surface area contributed by atoms with Crippen LogP contribution < -0.4 is 0 Å². The number of Topliss-reactive ketones (excluding diaryl/α,β-unsaturated/α-hetero) is 4. The Bertz CT molecular complexity index is 1160. The van der Waals surface area contributed by atoms with E-state index in [0.29, 0.717) is 17.5 Å². The molecule has 2 radical (unpaired) electrons. The quantitative estimate of drug-likeness (QED) is 0.677. The van der Waals surface area contributed by atoms with Gasteiger partial charge in [0.25, 0.3) is 0 Å². The van der Waals surface area contributed by atoms with Gasteiger partial charge in [-0.15, -0.1) is 0 Å². The van der Waals surface area contributed by atoms with Gasteiger partial charge < -0.3 is 0 Å². The number of fused-ring (bicyclic) bond motifs is 3. The Morgan fingerprint density at radius 1 is 0.774 bits per heavy atom. The molecule has 2 spiro atoms. The number of likely N-dealkylation sites (tertiary alicyclic amines) is 1. The number of likely N-dealkylation sites (N-methyl/N-ethyl adjacent to an activating group) is 1. The molecule has 152 valence electrons. The van der Waals surface area contributed by atoms with Crippen LogP contribution in [0.15, 0.2) is 60.7 Å². The topological polar surface area (TPSA) is 71.5 Å². The summed E-state index contributed by atoms with van der Waals surface area (Å²) in [7, 11) is 1.69. The van der Waals surface area contributed by atoms with E-state index in [9.17, 15) is 19.2 Å². The Morgan fingerprint density at radius 3 is 1.71 bits per heavy atom. The molecule has 1 heterocycles. The molecule has 1 fully saturated rings. The summed E-state index contributed by atoms with van der Waals surface area (Å²) in [5, 5.41) is 0. The summed E-state index contributed by atoms with van der Waals surface area (Å²) >= 11 is 0. The third-order valence-electron chi connectivity index (χ3n) is 7.58. The van der Waals surface area contributed by atoms with E-state index in [2.05, 4.69) is 0 Å². The molecule has 0 amide bonds. The van der Waals surface area contributed by atoms with Gasteiger partial charge in [-0.25, -0.2) is 0 Å². The van der Waals surface area contributed by atoms with E-state index in [1.165, 1.54) is 0 Å². The highest BCUT2D eigenvalue weighted by Gasteiger charge is 2.81. The van der Waals surface area contributed by atoms with Crippen molar-refractivity contribution in [3.8, 4) is 0 Å². The molecular weight excluding hydrogens is 390 g/mol. The van der Waals surface area contributed by atoms with Gasteiger partial charge in [0.05, 0.1) is 0 Å². The normalized spacial score (nSPS) is 25.9. The molecule has 3 aliphatic carbocycles. The molecule has 2 aromatic rings. The lowest BCUT2D eigenvalue weighted by Crippen LogP contribution is -2.66. The molecule has 6 rings (SSSR count). The van der Waals surface area contributed by atoms with Crippen LogP contribution in [0.2, 0.25) is 0 Å². The van der Waals surface area contributed by atoms with E-state index < -0.39 is 40.0 Å². The lowest BCUT2D eigenvalue weighted by atomic mass is 9.57. The summed E-state index contributed by atoms with van der Waals surface area (Å²) in [6.07, 6.45) is 6.39. The zero-order valence-electron chi connectivity index (χ0n) is 16.9. The predicted octanol–water partition coefficient (Wildman–Crippen LogP) is 3.17. The molecule has 0 unspecified atom stereocenters. The maximum Gasteiger partial charge on any atom is 0.193 e. The molecule has 5 nitrogen and oxygen atoms in total. The summed E-state index contributed by atoms with van der Waals surface area (Å²) in [5.74, 6) is -1.36. The zero-order valence-corrected chi connectivity index (χ0v) is 16.9. The van der Waals surface area contributed by atoms with Crippen LogP contribution in [0, 0.1) is 23.7 Å². The number of rotatable bonds is 1. The molecule has 5 heteroatoms. The number of hydrogen-bond donors (Lipinski definition) is 0. The third-order valence-corrected chi connectivity index (χ3v) is 7.58. The van der Waals surface area contributed by atoms with Crippen molar-refractivity contribution in [3.05, 3.63) is 95.3 Å². The number of nitrogens with zero attached hydrogens (tertiary/aromatic N) is 1. The van der Waals surface area contributed by atoms with Gasteiger partial charge in [0.15, 0.2) is 28.7 Å². The van der Waals surface area contributed by atoms with E-state index in [-0.39, 0.29) is 17.7 Å². The Balaban J connectivity index is 1.68. The van der Waals surface area contributed by atoms with E-state index >= 15 is 0 Å². The SMILES string of the molecule is CN1C[C@@H]([C]2[CH]C=CC2)C2(C(=O)c3ccccc3C2=O)C12C(=O)c1ccccc1C2=O. The van der Waals surface area contributed by atoms with Gasteiger partial charge in [-0.05, 0) is 25.8 Å². The van der Waals surface area contributed by atoms with Crippen molar-refractivity contribution in [2.45, 2.75) is 12.0 Å². The highest BCUT2D eigenvalue weighted by atomic mass is 16.2. The standard InChI is InChI=1S/C26H19NO4/c1-27-14-20(15-8-2-3-9-15)25(21(28)16-10-4-5-11-17(16)22(25)29)26(27)23(30)18-12-6-7-13-19(18)24(26)31/h2-8,10-13,20H,9,14H2,1H3/t20-/m0/s1. The van der Waals surface area contributed by atoms with Crippen molar-refractivity contribution in [1.82, 2.24) is 4.90 Å². The van der Waals surface area contributed by atoms with E-state index in [1.54, 1.807) is 60.5 Å². The van der Waals surface area contributed by atoms with E-state index in [0.717, 1.165) is 5.92 Å². The summed E-state index contributed by atoms with van der Waals surface area (Å²) in [6, 6.07) is 13.3. The first kappa shape index (κ1) is 18.6. The Hall–Kier alpha value is -3.18. The number of allylic oxidation sites excluding steroid dienone is 2. The van der Waals surface area contributed by atoms with E-state index in [1.807, 2.05) is 18.6 Å². The molecule has 1 saturated heterocycles. The Kier molecular flexibility index (Phi) is 3.57. The average Bonchev–Trinajstić information content (AvgIpc) is 3.51. The summed E-state index contributed by atoms with van der Waals surface area (Å²) in [4.78, 5) is 58.0. The van der Waals surface area contributed by atoms with Gasteiger partial charge in [-0.3, -0.25) is 24.1 Å². The van der Waals surface area contributed by atoms with Crippen LogP contribution in [-0.2, 0) is 0 Å². The van der Waals surface area contributed by atoms with Crippen LogP contribution in [0.5, 0.6) is 0 Å². The monoisotopic (exact) mass is 409 g/mol. The van der Waals surface area contributed by atoms with Gasteiger partial charge in [-0.1, -0.05) is 60.7 Å². The van der Waals surface area contributed by atoms with Crippen LogP contribution in [0.3, 0.4) is 0 Å². The maximum atomic E-state index is 14.1. The first-order valence-electron chi connectivity index (χ1n) is 10.4. The molecule has 0 N–H and O–H groups in total. The van der Waals surface area contributed by atoms with Crippen molar-refractivity contribution in [2.24, 2.45) is 11.3 Å². The number of hydrogen-bond acceptors (Lipinski definition) is 5. The van der Waals surface area contributed by atoms with Crippen LogP contribution in [0.4, 0.5) is 0 Å². The molecule has 0 saturated carbocycles. The lowest BCUT2D eigenvalue weighted by molar-refractivity contribution is 0.0299. The predicted molar refractivity (Wildman–Crippen MR) is 113 cm³/mol. The first-order valence-corrected chi connectivity index (χ1v) is 10.4. The second kappa shape index (κ2) is 5.95. The second-order valence-electron chi connectivity index (χ2n) is 8.73. The second-order valence-corrected chi connectivity index (χ2v) is 8.73. The molecule has 2 aromatic carbocycles. The van der Waals surface area contributed by atoms with Crippen LogP contribution >= 0.6 is 0 Å². The third kappa shape index (κ3) is 1.84. The van der Waals surface area contributed by atoms with Crippen molar-refractivity contribution in [2.75, 3.05) is 13.6 Å². The summed E-state index contributed by atoms with van der Waals surface area (Å²) < 4.78 is 0. The fourth-order valence-electron chi connectivity index (χ4n) is 6.35. The molecule has 0 bridgehead atoms. The molecular formula is C26H19NO4. The minimum atomic E-state index is -1.86. The van der Waals surface area contributed by atoms with Crippen molar-refractivity contribution < 1.29 is 19.2 Å².